The van der Waals surface area contributed by atoms with Crippen molar-refractivity contribution in [1.29, 1.82) is 0 Å². The molecule has 10 heteroatoms. The number of nitrogens with zero attached hydrogens (tertiary/aromatic N) is 4. The zero-order chi connectivity index (χ0) is 23.5. The number of aromatic nitrogens is 3. The number of thioether (sulfide) groups is 1. The van der Waals surface area contributed by atoms with Crippen LogP contribution in [-0.2, 0) is 21.4 Å². The fourth-order valence-electron chi connectivity index (χ4n) is 3.39. The van der Waals surface area contributed by atoms with E-state index in [4.69, 9.17) is 0 Å². The van der Waals surface area contributed by atoms with Crippen molar-refractivity contribution in [2.45, 2.75) is 75.3 Å². The van der Waals surface area contributed by atoms with Crippen LogP contribution in [0.3, 0.4) is 0 Å². The summed E-state index contributed by atoms with van der Waals surface area (Å²) in [6.07, 6.45) is 2.09. The highest BCUT2D eigenvalue weighted by molar-refractivity contribution is 8.00. The maximum atomic E-state index is 13.0. The van der Waals surface area contributed by atoms with Gasteiger partial charge in [0, 0.05) is 31.2 Å². The summed E-state index contributed by atoms with van der Waals surface area (Å²) in [6, 6.07) is 7.16. The van der Waals surface area contributed by atoms with E-state index in [1.165, 1.54) is 16.1 Å². The molecule has 1 aliphatic carbocycles. The topological polar surface area (TPSA) is 97.2 Å². The average Bonchev–Trinajstić information content (AvgIpc) is 3.48. The minimum absolute atomic E-state index is 0.00506. The van der Waals surface area contributed by atoms with E-state index in [2.05, 4.69) is 29.4 Å². The third-order valence-corrected chi connectivity index (χ3v) is 8.40. The number of carbonyl (C=O) groups is 1. The van der Waals surface area contributed by atoms with Gasteiger partial charge in [-0.1, -0.05) is 51.6 Å². The Bertz CT molecular complexity index is 1040. The van der Waals surface area contributed by atoms with Gasteiger partial charge in [-0.3, -0.25) is 4.79 Å². The van der Waals surface area contributed by atoms with Gasteiger partial charge in [-0.15, -0.1) is 10.2 Å². The normalized spacial score (nSPS) is 15.3. The predicted molar refractivity (Wildman–Crippen MR) is 127 cm³/mol. The molecule has 32 heavy (non-hydrogen) atoms. The lowest BCUT2D eigenvalue weighted by atomic mass is 10.2. The average molecular weight is 480 g/mol. The van der Waals surface area contributed by atoms with Gasteiger partial charge in [0.15, 0.2) is 11.0 Å². The molecule has 0 saturated heterocycles. The zero-order valence-corrected chi connectivity index (χ0v) is 21.0. The Balaban J connectivity index is 1.93. The monoisotopic (exact) mass is 479 g/mol. The zero-order valence-electron chi connectivity index (χ0n) is 19.4. The second-order valence-electron chi connectivity index (χ2n) is 8.47. The Hall–Kier alpha value is -1.91. The summed E-state index contributed by atoms with van der Waals surface area (Å²) < 4.78 is 29.4. The van der Waals surface area contributed by atoms with E-state index in [1.54, 1.807) is 18.2 Å². The third-order valence-electron chi connectivity index (χ3n) is 5.28. The molecule has 0 spiro atoms. The van der Waals surface area contributed by atoms with Crippen molar-refractivity contribution in [2.75, 3.05) is 13.1 Å². The molecule has 8 nitrogen and oxygen atoms in total. The number of benzene rings is 1. The number of rotatable bonds is 11. The van der Waals surface area contributed by atoms with Crippen LogP contribution in [0.5, 0.6) is 0 Å². The fourth-order valence-corrected chi connectivity index (χ4v) is 5.76. The van der Waals surface area contributed by atoms with E-state index >= 15 is 0 Å². The van der Waals surface area contributed by atoms with Gasteiger partial charge in [0.2, 0.25) is 15.9 Å². The number of sulfonamides is 1. The lowest BCUT2D eigenvalue weighted by molar-refractivity contribution is -0.120. The first-order valence-electron chi connectivity index (χ1n) is 11.2. The maximum Gasteiger partial charge on any atom is 0.243 e. The summed E-state index contributed by atoms with van der Waals surface area (Å²) in [6.45, 7) is 11.2. The summed E-state index contributed by atoms with van der Waals surface area (Å²) in [5.41, 5.74) is 0.688. The second-order valence-corrected chi connectivity index (χ2v) is 11.7. The fraction of sp³-hybridized carbons (Fsp3) is 0.591. The molecule has 1 fully saturated rings. The molecule has 0 bridgehead atoms. The molecular weight excluding hydrogens is 446 g/mol. The molecule has 1 amide bonds. The highest BCUT2D eigenvalue weighted by atomic mass is 32.2. The Morgan fingerprint density at radius 2 is 1.91 bits per heavy atom. The molecule has 2 aromatic rings. The van der Waals surface area contributed by atoms with Crippen molar-refractivity contribution < 1.29 is 13.2 Å². The first-order valence-corrected chi connectivity index (χ1v) is 13.5. The van der Waals surface area contributed by atoms with Gasteiger partial charge in [-0.2, -0.15) is 4.31 Å². The van der Waals surface area contributed by atoms with Crippen LogP contribution < -0.4 is 5.32 Å². The van der Waals surface area contributed by atoms with Gasteiger partial charge in [-0.05, 0) is 37.8 Å². The third kappa shape index (κ3) is 5.71. The number of hydrogen-bond donors (Lipinski definition) is 1. The molecule has 176 valence electrons. The van der Waals surface area contributed by atoms with Crippen molar-refractivity contribution >= 4 is 27.7 Å². The van der Waals surface area contributed by atoms with Gasteiger partial charge >= 0.3 is 0 Å². The maximum absolute atomic E-state index is 13.0. The predicted octanol–water partition coefficient (Wildman–Crippen LogP) is 3.39. The van der Waals surface area contributed by atoms with Crippen LogP contribution in [-0.4, -0.2) is 57.8 Å². The minimum Gasteiger partial charge on any atom is -0.352 e. The van der Waals surface area contributed by atoms with Crippen molar-refractivity contribution in [3.8, 4) is 11.4 Å². The molecule has 1 saturated carbocycles. The largest absolute Gasteiger partial charge is 0.352 e. The summed E-state index contributed by atoms with van der Waals surface area (Å²) >= 11 is 1.38. The first-order chi connectivity index (χ1) is 15.2. The summed E-state index contributed by atoms with van der Waals surface area (Å²) in [7, 11) is -3.58. The molecule has 1 N–H and O–H groups in total. The van der Waals surface area contributed by atoms with Crippen LogP contribution in [0.15, 0.2) is 34.3 Å². The molecule has 0 radical (unpaired) electrons. The van der Waals surface area contributed by atoms with Crippen LogP contribution in [0.1, 0.15) is 47.5 Å². The quantitative estimate of drug-likeness (QED) is 0.496. The summed E-state index contributed by atoms with van der Waals surface area (Å²) in [4.78, 5) is 12.7. The van der Waals surface area contributed by atoms with Crippen LogP contribution in [0.2, 0.25) is 0 Å². The van der Waals surface area contributed by atoms with Gasteiger partial charge in [0.05, 0.1) is 10.1 Å². The number of nitrogens with one attached hydrogen (secondary N) is 1. The van der Waals surface area contributed by atoms with Crippen molar-refractivity contribution in [3.05, 3.63) is 24.3 Å². The smallest absolute Gasteiger partial charge is 0.243 e. The molecule has 1 unspecified atom stereocenters. The molecule has 1 aliphatic rings. The van der Waals surface area contributed by atoms with E-state index in [1.807, 2.05) is 31.4 Å². The summed E-state index contributed by atoms with van der Waals surface area (Å²) in [5.74, 6) is 0.931. The van der Waals surface area contributed by atoms with Crippen molar-refractivity contribution in [2.24, 2.45) is 5.92 Å². The molecule has 0 aliphatic heterocycles. The lowest BCUT2D eigenvalue weighted by Gasteiger charge is -2.19. The molecule has 1 atom stereocenters. The van der Waals surface area contributed by atoms with Crippen LogP contribution in [0, 0.1) is 5.92 Å². The Morgan fingerprint density at radius 1 is 1.22 bits per heavy atom. The van der Waals surface area contributed by atoms with Gasteiger partial charge < -0.3 is 9.88 Å². The first kappa shape index (κ1) is 24.7. The number of carbonyl (C=O) groups excluding carboxylic acids is 1. The van der Waals surface area contributed by atoms with E-state index in [9.17, 15) is 13.2 Å². The molecule has 1 aromatic carbocycles. The number of amides is 1. The molecule has 1 heterocycles. The van der Waals surface area contributed by atoms with Crippen LogP contribution in [0.25, 0.3) is 11.4 Å². The van der Waals surface area contributed by atoms with Crippen LogP contribution in [0.4, 0.5) is 0 Å². The van der Waals surface area contributed by atoms with E-state index in [-0.39, 0.29) is 16.1 Å². The van der Waals surface area contributed by atoms with Gasteiger partial charge in [0.25, 0.3) is 0 Å². The van der Waals surface area contributed by atoms with Crippen molar-refractivity contribution in [3.63, 3.8) is 0 Å². The van der Waals surface area contributed by atoms with Crippen LogP contribution >= 0.6 is 11.8 Å². The molecular formula is C22H33N5O3S2. The highest BCUT2D eigenvalue weighted by Crippen LogP contribution is 2.30. The van der Waals surface area contributed by atoms with Gasteiger partial charge in [0.1, 0.15) is 0 Å². The summed E-state index contributed by atoms with van der Waals surface area (Å²) in [5, 5.41) is 12.1. The number of hydrogen-bond acceptors (Lipinski definition) is 6. The van der Waals surface area contributed by atoms with E-state index < -0.39 is 10.0 Å². The van der Waals surface area contributed by atoms with E-state index in [0.717, 1.165) is 12.8 Å². The highest BCUT2D eigenvalue weighted by Gasteiger charge is 2.28. The van der Waals surface area contributed by atoms with Gasteiger partial charge in [-0.25, -0.2) is 8.42 Å². The van der Waals surface area contributed by atoms with Crippen molar-refractivity contribution in [1.82, 2.24) is 24.4 Å². The Morgan fingerprint density at radius 3 is 2.50 bits per heavy atom. The molecule has 1 aromatic heterocycles. The Labute approximate surface area is 195 Å². The lowest BCUT2D eigenvalue weighted by Crippen LogP contribution is -2.32. The Kier molecular flexibility index (Phi) is 8.00. The standard InChI is InChI=1S/C22H33N5O3S2/c1-6-26(7-2)32(29,30)19-10-8-9-17(13-19)20-24-25-22(27(20)14-15(3)4)31-16(5)21(28)23-18-11-12-18/h8-10,13,15-16,18H,6-7,11-12,14H2,1-5H3,(H,23,28). The second kappa shape index (κ2) is 10.4. The van der Waals surface area contributed by atoms with E-state index in [0.29, 0.717) is 48.1 Å². The SMILES string of the molecule is CCN(CC)S(=O)(=O)c1cccc(-c2nnc(SC(C)C(=O)NC3CC3)n2CC(C)C)c1. The molecule has 3 rings (SSSR count). The minimum atomic E-state index is -3.58.